The van der Waals surface area contributed by atoms with E-state index in [4.69, 9.17) is 23.7 Å². The quantitative estimate of drug-likeness (QED) is 0.329. The molecule has 1 unspecified atom stereocenters. The zero-order chi connectivity index (χ0) is 27.0. The minimum absolute atomic E-state index is 0.0168. The van der Waals surface area contributed by atoms with Crippen molar-refractivity contribution >= 4 is 34.3 Å². The topological polar surface area (TPSA) is 109 Å². The van der Waals surface area contributed by atoms with Gasteiger partial charge in [-0.15, -0.1) is 0 Å². The van der Waals surface area contributed by atoms with Crippen molar-refractivity contribution in [1.82, 2.24) is 8.75 Å². The summed E-state index contributed by atoms with van der Waals surface area (Å²) in [6.07, 6.45) is 0.0299. The van der Waals surface area contributed by atoms with Crippen molar-refractivity contribution in [3.05, 3.63) is 76.6 Å². The van der Waals surface area contributed by atoms with Crippen molar-refractivity contribution in [2.75, 3.05) is 28.4 Å². The van der Waals surface area contributed by atoms with Gasteiger partial charge in [-0.3, -0.25) is 0 Å². The molecule has 0 bridgehead atoms. The fourth-order valence-electron chi connectivity index (χ4n) is 4.58. The Morgan fingerprint density at radius 3 is 2.24 bits per heavy atom. The zero-order valence-electron chi connectivity index (χ0n) is 20.9. The Hall–Kier alpha value is -4.22. The molecule has 0 spiro atoms. The van der Waals surface area contributed by atoms with Crippen molar-refractivity contribution in [3.8, 4) is 23.0 Å². The van der Waals surface area contributed by atoms with Crippen LogP contribution in [-0.2, 0) is 21.7 Å². The first-order chi connectivity index (χ1) is 18.3. The number of aliphatic hydroxyl groups is 1. The van der Waals surface area contributed by atoms with Gasteiger partial charge in [0.15, 0.2) is 11.5 Å². The number of halogens is 1. The Bertz CT molecular complexity index is 1560. The molecule has 0 aliphatic carbocycles. The molecule has 0 fully saturated rings. The predicted octanol–water partition coefficient (Wildman–Crippen LogP) is 4.26. The van der Waals surface area contributed by atoms with Crippen LogP contribution in [0.5, 0.6) is 23.0 Å². The molecule has 5 rings (SSSR count). The molecule has 3 aromatic carbocycles. The minimum atomic E-state index is -2.26. The van der Waals surface area contributed by atoms with E-state index in [1.165, 1.54) is 34.5 Å². The highest BCUT2D eigenvalue weighted by Gasteiger charge is 2.49. The first kappa shape index (κ1) is 25.4. The summed E-state index contributed by atoms with van der Waals surface area (Å²) in [7, 11) is 5.81. The van der Waals surface area contributed by atoms with Crippen LogP contribution in [-0.4, -0.2) is 48.3 Å². The van der Waals surface area contributed by atoms with E-state index < -0.39 is 17.6 Å². The van der Waals surface area contributed by atoms with Gasteiger partial charge in [-0.1, -0.05) is 6.07 Å². The molecule has 2 heterocycles. The van der Waals surface area contributed by atoms with E-state index >= 15 is 0 Å². The molecule has 11 heteroatoms. The van der Waals surface area contributed by atoms with Gasteiger partial charge in [0.2, 0.25) is 5.75 Å². The number of hydrogen-bond donors (Lipinski definition) is 1. The standard InChI is InChI=1S/C27H23FN2O7S/c1-33-21-13-16(28)6-7-17(21)27(32)18(9-14-10-22(34-2)25(36-4)23(11-14)35-3)24(26(31)37-27)15-5-8-19-20(12-15)30-38-29-19/h5-8,10-13,32H,9H2,1-4H3. The number of rotatable bonds is 8. The van der Waals surface area contributed by atoms with Gasteiger partial charge in [-0.05, 0) is 47.5 Å². The van der Waals surface area contributed by atoms with Gasteiger partial charge < -0.3 is 28.8 Å². The number of hydrogen-bond acceptors (Lipinski definition) is 10. The highest BCUT2D eigenvalue weighted by Crippen LogP contribution is 2.48. The second kappa shape index (κ2) is 9.92. The molecule has 4 aromatic rings. The molecule has 38 heavy (non-hydrogen) atoms. The first-order valence-electron chi connectivity index (χ1n) is 11.4. The predicted molar refractivity (Wildman–Crippen MR) is 137 cm³/mol. The van der Waals surface area contributed by atoms with Crippen LogP contribution in [0.25, 0.3) is 16.6 Å². The van der Waals surface area contributed by atoms with Crippen LogP contribution in [0.3, 0.4) is 0 Å². The summed E-state index contributed by atoms with van der Waals surface area (Å²) >= 11 is 1.05. The Kier molecular flexibility index (Phi) is 6.64. The van der Waals surface area contributed by atoms with Crippen LogP contribution in [0.15, 0.2) is 54.1 Å². The maximum atomic E-state index is 14.0. The molecule has 1 atom stereocenters. The molecule has 1 aliphatic heterocycles. The molecular weight excluding hydrogens is 515 g/mol. The Balaban J connectivity index is 1.75. The maximum Gasteiger partial charge on any atom is 0.342 e. The Morgan fingerprint density at radius 1 is 0.895 bits per heavy atom. The number of cyclic esters (lactones) is 1. The monoisotopic (exact) mass is 538 g/mol. The Labute approximate surface area is 221 Å². The van der Waals surface area contributed by atoms with Gasteiger partial charge in [0, 0.05) is 18.1 Å². The first-order valence-corrected chi connectivity index (χ1v) is 12.1. The van der Waals surface area contributed by atoms with E-state index in [0.29, 0.717) is 39.4 Å². The molecule has 0 saturated carbocycles. The van der Waals surface area contributed by atoms with Crippen molar-refractivity contribution in [3.63, 3.8) is 0 Å². The molecule has 0 radical (unpaired) electrons. The van der Waals surface area contributed by atoms with E-state index in [0.717, 1.165) is 23.9 Å². The van der Waals surface area contributed by atoms with E-state index in [-0.39, 0.29) is 28.9 Å². The summed E-state index contributed by atoms with van der Waals surface area (Å²) in [6.45, 7) is 0. The average Bonchev–Trinajstić information content (AvgIpc) is 3.49. The fourth-order valence-corrected chi connectivity index (χ4v) is 5.10. The highest BCUT2D eigenvalue weighted by atomic mass is 32.1. The number of aromatic nitrogens is 2. The number of carbonyl (C=O) groups excluding carboxylic acids is 1. The van der Waals surface area contributed by atoms with Crippen LogP contribution in [0.4, 0.5) is 4.39 Å². The number of methoxy groups -OCH3 is 4. The fraction of sp³-hybridized carbons (Fsp3) is 0.222. The van der Waals surface area contributed by atoms with Crippen LogP contribution >= 0.6 is 11.7 Å². The van der Waals surface area contributed by atoms with E-state index in [9.17, 15) is 14.3 Å². The summed E-state index contributed by atoms with van der Waals surface area (Å²) in [5, 5.41) is 12.0. The maximum absolute atomic E-state index is 14.0. The zero-order valence-corrected chi connectivity index (χ0v) is 21.7. The smallest absolute Gasteiger partial charge is 0.342 e. The molecule has 0 amide bonds. The number of nitrogens with zero attached hydrogens (tertiary/aromatic N) is 2. The third-order valence-electron chi connectivity index (χ3n) is 6.33. The van der Waals surface area contributed by atoms with Gasteiger partial charge in [-0.25, -0.2) is 9.18 Å². The normalized spacial score (nSPS) is 17.1. The van der Waals surface area contributed by atoms with Crippen LogP contribution < -0.4 is 18.9 Å². The Morgan fingerprint density at radius 2 is 1.58 bits per heavy atom. The summed E-state index contributed by atoms with van der Waals surface area (Å²) in [6, 6.07) is 12.2. The third kappa shape index (κ3) is 4.19. The van der Waals surface area contributed by atoms with Crippen LogP contribution in [0.1, 0.15) is 16.7 Å². The van der Waals surface area contributed by atoms with Gasteiger partial charge in [0.25, 0.3) is 5.79 Å². The van der Waals surface area contributed by atoms with E-state index in [2.05, 4.69) is 8.75 Å². The summed E-state index contributed by atoms with van der Waals surface area (Å²) < 4.78 is 49.9. The van der Waals surface area contributed by atoms with Crippen molar-refractivity contribution in [2.24, 2.45) is 0 Å². The van der Waals surface area contributed by atoms with Crippen molar-refractivity contribution in [2.45, 2.75) is 12.2 Å². The van der Waals surface area contributed by atoms with E-state index in [1.54, 1.807) is 30.3 Å². The molecule has 1 N–H and O–H groups in total. The largest absolute Gasteiger partial charge is 0.496 e. The SMILES string of the molecule is COc1cc(F)ccc1C1(O)OC(=O)C(c2ccc3nsnc3c2)=C1Cc1cc(OC)c(OC)c(OC)c1. The second-order valence-corrected chi connectivity index (χ2v) is 8.94. The third-order valence-corrected chi connectivity index (χ3v) is 6.89. The lowest BCUT2D eigenvalue weighted by atomic mass is 9.87. The minimum Gasteiger partial charge on any atom is -0.496 e. The summed E-state index contributed by atoms with van der Waals surface area (Å²) in [4.78, 5) is 13.4. The molecule has 0 saturated heterocycles. The number of ether oxygens (including phenoxy) is 5. The number of esters is 1. The van der Waals surface area contributed by atoms with Gasteiger partial charge in [0.05, 0.1) is 51.3 Å². The van der Waals surface area contributed by atoms with E-state index in [1.807, 2.05) is 0 Å². The number of fused-ring (bicyclic) bond motifs is 1. The molecule has 1 aromatic heterocycles. The summed E-state index contributed by atoms with van der Waals surface area (Å²) in [5.74, 6) is -2.40. The molecule has 1 aliphatic rings. The lowest BCUT2D eigenvalue weighted by Gasteiger charge is -2.27. The average molecular weight is 539 g/mol. The van der Waals surface area contributed by atoms with Gasteiger partial charge in [-0.2, -0.15) is 8.75 Å². The number of benzene rings is 3. The van der Waals surface area contributed by atoms with Crippen LogP contribution in [0, 0.1) is 5.82 Å². The molecule has 196 valence electrons. The van der Waals surface area contributed by atoms with Crippen LogP contribution in [0.2, 0.25) is 0 Å². The summed E-state index contributed by atoms with van der Waals surface area (Å²) in [5.41, 5.74) is 2.80. The van der Waals surface area contributed by atoms with Crippen molar-refractivity contribution < 1.29 is 38.0 Å². The van der Waals surface area contributed by atoms with Crippen molar-refractivity contribution in [1.29, 1.82) is 0 Å². The molecular formula is C27H23FN2O7S. The van der Waals surface area contributed by atoms with Gasteiger partial charge >= 0.3 is 5.97 Å². The van der Waals surface area contributed by atoms with Gasteiger partial charge in [0.1, 0.15) is 22.6 Å². The highest BCUT2D eigenvalue weighted by molar-refractivity contribution is 7.00. The second-order valence-electron chi connectivity index (χ2n) is 8.41. The number of carbonyl (C=O) groups is 1. The lowest BCUT2D eigenvalue weighted by Crippen LogP contribution is -2.30. The molecule has 9 nitrogen and oxygen atoms in total. The lowest BCUT2D eigenvalue weighted by molar-refractivity contribution is -0.185.